The van der Waals surface area contributed by atoms with Gasteiger partial charge in [0, 0.05) is 17.3 Å². The number of aromatic nitrogens is 3. The maximum absolute atomic E-state index is 13.5. The summed E-state index contributed by atoms with van der Waals surface area (Å²) in [6, 6.07) is 29.0. The number of carbonyl (C=O) groups excluding carboxylic acids is 1. The van der Waals surface area contributed by atoms with Crippen LogP contribution in [-0.2, 0) is 24.3 Å². The van der Waals surface area contributed by atoms with Crippen LogP contribution in [0.2, 0.25) is 0 Å². The van der Waals surface area contributed by atoms with Gasteiger partial charge in [0.2, 0.25) is 11.2 Å². The molecule has 0 saturated carbocycles. The van der Waals surface area contributed by atoms with Crippen molar-refractivity contribution in [2.24, 2.45) is 0 Å². The zero-order chi connectivity index (χ0) is 35.3. The maximum atomic E-state index is 13.5. The molecule has 0 aliphatic carbocycles. The Hall–Kier alpha value is -5.94. The van der Waals surface area contributed by atoms with E-state index >= 15 is 0 Å². The Bertz CT molecular complexity index is 2070. The normalized spacial score (nSPS) is 11.0. The summed E-state index contributed by atoms with van der Waals surface area (Å²) >= 11 is 0. The van der Waals surface area contributed by atoms with Gasteiger partial charge in [0.05, 0.1) is 44.6 Å². The summed E-state index contributed by atoms with van der Waals surface area (Å²) < 4.78 is 36.8. The standard InChI is InChI=1S/C40H39N3O8/c1-46-35-9-6-7-30(25-35)28-50-40-38(45)36-10-2-3-11-37(36)51-39(40)31-14-18-34(19-15-31)49-24-23-47-22-20-43-26-32(41-42-43)8-4-5-21-48-33-16-12-29(27-44)13-17-33/h2-3,6-7,9-19,25-27H,4-5,8,20-24,28H2,1H3. The van der Waals surface area contributed by atoms with Gasteiger partial charge in [-0.2, -0.15) is 0 Å². The lowest BCUT2D eigenvalue weighted by Gasteiger charge is -2.13. The molecule has 0 bridgehead atoms. The number of ether oxygens (including phenoxy) is 5. The van der Waals surface area contributed by atoms with Crippen LogP contribution in [0.15, 0.2) is 112 Å². The molecule has 2 aromatic heterocycles. The second kappa shape index (κ2) is 17.6. The van der Waals surface area contributed by atoms with Crippen molar-refractivity contribution < 1.29 is 32.9 Å². The number of hydrogen-bond donors (Lipinski definition) is 0. The van der Waals surface area contributed by atoms with E-state index in [9.17, 15) is 9.59 Å². The Morgan fingerprint density at radius 3 is 2.37 bits per heavy atom. The van der Waals surface area contributed by atoms with E-state index in [-0.39, 0.29) is 17.8 Å². The van der Waals surface area contributed by atoms with Gasteiger partial charge in [-0.05, 0) is 97.6 Å². The van der Waals surface area contributed by atoms with E-state index in [0.717, 1.165) is 42.6 Å². The largest absolute Gasteiger partial charge is 0.497 e. The van der Waals surface area contributed by atoms with Gasteiger partial charge < -0.3 is 28.1 Å². The quantitative estimate of drug-likeness (QED) is 0.0652. The second-order valence-electron chi connectivity index (χ2n) is 11.7. The molecule has 11 nitrogen and oxygen atoms in total. The second-order valence-corrected chi connectivity index (χ2v) is 11.7. The Balaban J connectivity index is 0.936. The molecule has 4 aromatic carbocycles. The molecule has 0 spiro atoms. The van der Waals surface area contributed by atoms with Crippen molar-refractivity contribution in [3.05, 3.63) is 130 Å². The minimum absolute atomic E-state index is 0.142. The van der Waals surface area contributed by atoms with Crippen molar-refractivity contribution in [1.82, 2.24) is 15.0 Å². The number of methoxy groups -OCH3 is 1. The molecule has 0 fully saturated rings. The Morgan fingerprint density at radius 2 is 1.57 bits per heavy atom. The van der Waals surface area contributed by atoms with Gasteiger partial charge in [0.25, 0.3) is 0 Å². The van der Waals surface area contributed by atoms with Gasteiger partial charge in [0.15, 0.2) is 5.76 Å². The van der Waals surface area contributed by atoms with Crippen LogP contribution >= 0.6 is 0 Å². The average Bonchev–Trinajstić information content (AvgIpc) is 3.63. The first-order valence-corrected chi connectivity index (χ1v) is 16.8. The molecule has 0 aliphatic rings. The highest BCUT2D eigenvalue weighted by Gasteiger charge is 2.18. The average molecular weight is 690 g/mol. The fraction of sp³-hybridized carbons (Fsp3) is 0.250. The monoisotopic (exact) mass is 689 g/mol. The molecule has 6 aromatic rings. The summed E-state index contributed by atoms with van der Waals surface area (Å²) in [5, 5.41) is 8.90. The highest BCUT2D eigenvalue weighted by molar-refractivity contribution is 5.82. The first-order chi connectivity index (χ1) is 25.1. The van der Waals surface area contributed by atoms with Gasteiger partial charge in [0.1, 0.15) is 42.3 Å². The SMILES string of the molecule is COc1cccc(COc2c(-c3ccc(OCCOCCn4cc(CCCCOc5ccc(C=O)cc5)nn4)cc3)oc3ccccc3c2=O)c1. The molecule has 0 saturated heterocycles. The highest BCUT2D eigenvalue weighted by Crippen LogP contribution is 2.32. The number of para-hydroxylation sites is 1. The number of aryl methyl sites for hydroxylation is 1. The number of unbranched alkanes of at least 4 members (excludes halogenated alkanes) is 1. The topological polar surface area (TPSA) is 124 Å². The number of carbonyl (C=O) groups is 1. The van der Waals surface area contributed by atoms with E-state index in [2.05, 4.69) is 10.3 Å². The number of aldehydes is 1. The van der Waals surface area contributed by atoms with E-state index in [1.807, 2.05) is 60.8 Å². The van der Waals surface area contributed by atoms with Crippen LogP contribution in [-0.4, -0.2) is 54.8 Å². The Labute approximate surface area is 295 Å². The fourth-order valence-corrected chi connectivity index (χ4v) is 5.35. The molecule has 0 unspecified atom stereocenters. The maximum Gasteiger partial charge on any atom is 0.235 e. The molecule has 0 N–H and O–H groups in total. The smallest absolute Gasteiger partial charge is 0.235 e. The van der Waals surface area contributed by atoms with E-state index in [1.54, 1.807) is 54.3 Å². The molecular weight excluding hydrogens is 650 g/mol. The summed E-state index contributed by atoms with van der Waals surface area (Å²) in [5.74, 6) is 2.61. The summed E-state index contributed by atoms with van der Waals surface area (Å²) in [7, 11) is 1.61. The summed E-state index contributed by atoms with van der Waals surface area (Å²) in [5.41, 5.74) is 3.34. The minimum Gasteiger partial charge on any atom is -0.497 e. The van der Waals surface area contributed by atoms with Crippen LogP contribution in [0.5, 0.6) is 23.0 Å². The number of hydrogen-bond acceptors (Lipinski definition) is 10. The zero-order valence-electron chi connectivity index (χ0n) is 28.4. The predicted octanol–water partition coefficient (Wildman–Crippen LogP) is 6.95. The van der Waals surface area contributed by atoms with Crippen LogP contribution in [0.4, 0.5) is 0 Å². The van der Waals surface area contributed by atoms with Gasteiger partial charge in [-0.15, -0.1) is 5.10 Å². The van der Waals surface area contributed by atoms with Crippen LogP contribution in [0, 0.1) is 0 Å². The molecule has 6 rings (SSSR count). The molecule has 0 atom stereocenters. The first-order valence-electron chi connectivity index (χ1n) is 16.8. The van der Waals surface area contributed by atoms with Crippen molar-refractivity contribution in [2.45, 2.75) is 32.4 Å². The molecular formula is C40H39N3O8. The van der Waals surface area contributed by atoms with Crippen molar-refractivity contribution >= 4 is 17.3 Å². The van der Waals surface area contributed by atoms with Gasteiger partial charge in [-0.1, -0.05) is 29.5 Å². The van der Waals surface area contributed by atoms with Gasteiger partial charge in [-0.25, -0.2) is 4.68 Å². The van der Waals surface area contributed by atoms with Gasteiger partial charge in [-0.3, -0.25) is 9.59 Å². The minimum atomic E-state index is -0.240. The first kappa shape index (κ1) is 34.9. The van der Waals surface area contributed by atoms with E-state index in [4.69, 9.17) is 28.1 Å². The molecule has 51 heavy (non-hydrogen) atoms. The molecule has 0 aliphatic heterocycles. The molecule has 2 heterocycles. The summed E-state index contributed by atoms with van der Waals surface area (Å²) in [4.78, 5) is 24.3. The molecule has 11 heteroatoms. The third kappa shape index (κ3) is 9.61. The summed E-state index contributed by atoms with van der Waals surface area (Å²) in [6.45, 7) is 2.60. The molecule has 0 radical (unpaired) electrons. The fourth-order valence-electron chi connectivity index (χ4n) is 5.35. The van der Waals surface area contributed by atoms with E-state index in [0.29, 0.717) is 72.3 Å². The zero-order valence-corrected chi connectivity index (χ0v) is 28.4. The van der Waals surface area contributed by atoms with Crippen molar-refractivity contribution in [3.8, 4) is 34.3 Å². The third-order valence-corrected chi connectivity index (χ3v) is 8.05. The van der Waals surface area contributed by atoms with E-state index < -0.39 is 0 Å². The van der Waals surface area contributed by atoms with Crippen LogP contribution < -0.4 is 24.4 Å². The van der Waals surface area contributed by atoms with Gasteiger partial charge >= 0.3 is 0 Å². The Morgan fingerprint density at radius 1 is 0.784 bits per heavy atom. The van der Waals surface area contributed by atoms with Crippen LogP contribution in [0.3, 0.4) is 0 Å². The molecule has 0 amide bonds. The lowest BCUT2D eigenvalue weighted by molar-refractivity contribution is 0.0923. The molecule has 262 valence electrons. The number of nitrogens with zero attached hydrogens (tertiary/aromatic N) is 3. The number of benzene rings is 4. The van der Waals surface area contributed by atoms with Crippen LogP contribution in [0.1, 0.15) is 34.5 Å². The Kier molecular flexibility index (Phi) is 12.1. The third-order valence-electron chi connectivity index (χ3n) is 8.05. The lowest BCUT2D eigenvalue weighted by Crippen LogP contribution is -2.12. The number of rotatable bonds is 19. The highest BCUT2D eigenvalue weighted by atomic mass is 16.5. The predicted molar refractivity (Wildman–Crippen MR) is 192 cm³/mol. The number of fused-ring (bicyclic) bond motifs is 1. The van der Waals surface area contributed by atoms with Crippen molar-refractivity contribution in [2.75, 3.05) is 33.5 Å². The van der Waals surface area contributed by atoms with Crippen molar-refractivity contribution in [1.29, 1.82) is 0 Å². The lowest BCUT2D eigenvalue weighted by atomic mass is 10.1. The van der Waals surface area contributed by atoms with E-state index in [1.165, 1.54) is 0 Å². The van der Waals surface area contributed by atoms with Crippen LogP contribution in [0.25, 0.3) is 22.3 Å². The summed E-state index contributed by atoms with van der Waals surface area (Å²) in [6.07, 6.45) is 5.37. The van der Waals surface area contributed by atoms with Crippen molar-refractivity contribution in [3.63, 3.8) is 0 Å².